The Morgan fingerprint density at radius 3 is 1.73 bits per heavy atom. The number of likely N-dealkylation sites (tertiary alicyclic amines) is 1. The molecule has 0 aromatic heterocycles. The highest BCUT2D eigenvalue weighted by molar-refractivity contribution is 8.22. The number of carbonyl (C=O) groups is 2. The molecule has 4 rings (SSSR count). The summed E-state index contributed by atoms with van der Waals surface area (Å²) in [7, 11) is 71.4. The maximum Gasteiger partial charge on any atom is 0.411 e. The number of amides is 1. The van der Waals surface area contributed by atoms with Gasteiger partial charge >= 0.3 is 12.1 Å². The molecule has 0 aliphatic carbocycles. The Kier molecular flexibility index (Phi) is 23.1. The molecule has 1 N–H and O–H groups in total. The zero-order valence-electron chi connectivity index (χ0n) is 36.8. The third-order valence-corrected chi connectivity index (χ3v) is 10.5. The minimum atomic E-state index is -0.925. The maximum absolute atomic E-state index is 12.9. The molecule has 2 heterocycles. The molecule has 2 aromatic carbocycles. The van der Waals surface area contributed by atoms with E-state index in [0.717, 1.165) is 16.8 Å². The molecule has 285 valence electrons. The van der Waals surface area contributed by atoms with Crippen LogP contribution in [0.3, 0.4) is 0 Å². The van der Waals surface area contributed by atoms with E-state index in [1.54, 1.807) is 71.9 Å². The Balaban J connectivity index is 0.000000364. The van der Waals surface area contributed by atoms with Gasteiger partial charge in [-0.2, -0.15) is 0 Å². The van der Waals surface area contributed by atoms with E-state index in [9.17, 15) is 9.59 Å². The zero-order chi connectivity index (χ0) is 48.2. The van der Waals surface area contributed by atoms with Crippen LogP contribution in [0, 0.1) is 0 Å². The molecule has 1 fully saturated rings. The lowest BCUT2D eigenvalue weighted by atomic mass is 8.36. The standard InChI is InChI=1S/C22H29ClN2O5.C7H6ClNO.B23/c1-20(2,3)28-18(26)17-12-22(13-25(17)19(27)29-21(4,5)6)11-16(24-30-22)14-8-7-9-15(23)10-14;8-7-3-1-2-6(4-7)5-9-10;1-13-19(12)22(18(10)11)23(20(14(2)3)15(4)5)21(16(6)7)17(8)9/h7-10,17H,11-13H2,1-6H3;1-5,10H;/t17-,22+;;/m0../s1. The minimum absolute atomic E-state index is 0.180. The van der Waals surface area contributed by atoms with E-state index < -0.39 is 98.8 Å². The second kappa shape index (κ2) is 25.4. The number of nitrogens with zero attached hydrogens (tertiary/aromatic N) is 3. The van der Waals surface area contributed by atoms with Crippen molar-refractivity contribution < 1.29 is 29.1 Å². The summed E-state index contributed by atoms with van der Waals surface area (Å²) in [6.07, 6.45) is -6.55. The van der Waals surface area contributed by atoms with Crippen molar-refractivity contribution in [2.75, 3.05) is 6.54 Å². The van der Waals surface area contributed by atoms with E-state index in [2.05, 4.69) is 10.3 Å². The van der Waals surface area contributed by atoms with Crippen LogP contribution in [0.4, 0.5) is 4.79 Å². The van der Waals surface area contributed by atoms with E-state index in [4.69, 9.17) is 136 Å². The topological polar surface area (TPSA) is 110 Å². The van der Waals surface area contributed by atoms with Gasteiger partial charge < -0.3 is 19.5 Å². The van der Waals surface area contributed by atoms with Crippen LogP contribution in [-0.2, 0) is 19.1 Å². The average Bonchev–Trinajstić information content (AvgIpc) is 3.74. The Bertz CT molecular complexity index is 1770. The molecule has 0 bridgehead atoms. The predicted octanol–water partition coefficient (Wildman–Crippen LogP) is -2.06. The third kappa shape index (κ3) is 18.1. The monoisotopic (exact) mass is 844 g/mol. The van der Waals surface area contributed by atoms with Crippen molar-refractivity contribution >= 4 is 211 Å². The first-order chi connectivity index (χ1) is 29.1. The van der Waals surface area contributed by atoms with Crippen molar-refractivity contribution in [2.24, 2.45) is 10.3 Å². The number of carbonyl (C=O) groups excluding carboxylic acids is 2. The SMILES string of the molecule is CC(C)(C)OC(=O)[C@@H]1C[C@]2(CC(c3cccc(Cl)c3)=NO2)CN1C(=O)OC(C)(C)C.ON=Cc1cccc(Cl)c1.[B][B]B([B])B(B([B])[B])B(B(B([B])[B])B([B])[B])B(B([B])[B])B([B])[B]. The number of halogens is 2. The highest BCUT2D eigenvalue weighted by atomic mass is 35.5. The second-order valence-corrected chi connectivity index (χ2v) is 18.5. The van der Waals surface area contributed by atoms with Crippen LogP contribution >= 0.6 is 23.2 Å². The predicted molar refractivity (Wildman–Crippen MR) is 287 cm³/mol. The van der Waals surface area contributed by atoms with Crippen molar-refractivity contribution in [3.63, 3.8) is 0 Å². The van der Waals surface area contributed by atoms with Gasteiger partial charge in [0, 0.05) is 192 Å². The van der Waals surface area contributed by atoms with E-state index >= 15 is 0 Å². The van der Waals surface area contributed by atoms with Crippen molar-refractivity contribution in [3.05, 3.63) is 69.7 Å². The van der Waals surface area contributed by atoms with Gasteiger partial charge in [-0.05, 0) is 71.4 Å². The lowest BCUT2D eigenvalue weighted by molar-refractivity contribution is -0.160. The van der Waals surface area contributed by atoms with E-state index in [0.29, 0.717) is 16.5 Å². The van der Waals surface area contributed by atoms with Crippen LogP contribution in [0.1, 0.15) is 65.5 Å². The summed E-state index contributed by atoms with van der Waals surface area (Å²) >= 11 is 11.7. The minimum Gasteiger partial charge on any atom is -0.458 e. The molecule has 1 spiro atoms. The number of rotatable bonds is 13. The fraction of sp³-hybridized carbons (Fsp3) is 0.448. The summed E-state index contributed by atoms with van der Waals surface area (Å²) in [6.45, 7) is 10.9. The number of ether oxygens (including phenoxy) is 2. The average molecular weight is 841 g/mol. The molecular weight excluding hydrogens is 806 g/mol. The molecule has 25 radical (unpaired) electrons. The number of hydrogen-bond acceptors (Lipinski definition) is 8. The molecule has 1 amide bonds. The first kappa shape index (κ1) is 57.3. The van der Waals surface area contributed by atoms with Crippen molar-refractivity contribution in [2.45, 2.75) is 77.2 Å². The highest BCUT2D eigenvalue weighted by Crippen LogP contribution is 2.40. The summed E-state index contributed by atoms with van der Waals surface area (Å²) in [5, 5.41) is 16.5. The third-order valence-electron chi connectivity index (χ3n) is 9.98. The van der Waals surface area contributed by atoms with Crippen LogP contribution in [0.15, 0.2) is 58.8 Å². The maximum atomic E-state index is 12.9. The smallest absolute Gasteiger partial charge is 0.411 e. The summed E-state index contributed by atoms with van der Waals surface area (Å²) < 4.78 is 11.1. The Labute approximate surface area is 406 Å². The van der Waals surface area contributed by atoms with Crippen molar-refractivity contribution in [1.82, 2.24) is 4.90 Å². The quantitative estimate of drug-likeness (QED) is 0.0819. The van der Waals surface area contributed by atoms with Gasteiger partial charge in [0.05, 0.1) is 18.5 Å². The van der Waals surface area contributed by atoms with Gasteiger partial charge in [-0.15, -0.1) is 0 Å². The van der Waals surface area contributed by atoms with Crippen LogP contribution in [-0.4, -0.2) is 227 Å². The fourth-order valence-corrected chi connectivity index (χ4v) is 7.83. The molecule has 2 aromatic rings. The summed E-state index contributed by atoms with van der Waals surface area (Å²) in [5.41, 5.74) is 0.191. The van der Waals surface area contributed by atoms with E-state index in [-0.39, 0.29) is 13.0 Å². The Hall–Kier alpha value is -1.81. The molecule has 63 heavy (non-hydrogen) atoms. The van der Waals surface area contributed by atoms with Crippen LogP contribution < -0.4 is 0 Å². The van der Waals surface area contributed by atoms with E-state index in [1.165, 1.54) is 18.2 Å². The van der Waals surface area contributed by atoms with Gasteiger partial charge in [0.15, 0.2) is 5.60 Å². The fourth-order valence-electron chi connectivity index (χ4n) is 7.44. The van der Waals surface area contributed by atoms with Gasteiger partial charge in [-0.25, -0.2) is 9.59 Å². The number of esters is 1. The van der Waals surface area contributed by atoms with Crippen LogP contribution in [0.25, 0.3) is 0 Å². The van der Waals surface area contributed by atoms with Gasteiger partial charge in [0.25, 0.3) is 0 Å². The number of benzene rings is 2. The van der Waals surface area contributed by atoms with Crippen molar-refractivity contribution in [3.8, 4) is 0 Å². The second-order valence-electron chi connectivity index (χ2n) is 17.6. The first-order valence-corrected chi connectivity index (χ1v) is 20.9. The highest BCUT2D eigenvalue weighted by Gasteiger charge is 2.55. The lowest BCUT2D eigenvalue weighted by Gasteiger charge is -2.45. The summed E-state index contributed by atoms with van der Waals surface area (Å²) in [5.74, 6) is -0.481. The zero-order valence-corrected chi connectivity index (χ0v) is 38.3. The Morgan fingerprint density at radius 1 is 0.810 bits per heavy atom. The van der Waals surface area contributed by atoms with Gasteiger partial charge in [0.2, 0.25) is 0 Å². The Morgan fingerprint density at radius 2 is 1.30 bits per heavy atom. The molecule has 2 aliphatic rings. The van der Waals surface area contributed by atoms with Gasteiger partial charge in [-0.1, -0.05) is 57.8 Å². The molecule has 1 saturated heterocycles. The molecule has 0 unspecified atom stereocenters. The number of oxime groups is 2. The molecule has 2 atom stereocenters. The lowest BCUT2D eigenvalue weighted by Crippen LogP contribution is -2.83. The molecule has 34 heteroatoms. The largest absolute Gasteiger partial charge is 0.458 e. The normalized spacial score (nSPS) is 16.4. The number of hydrogen-bond donors (Lipinski definition) is 1. The molecule has 2 aliphatic heterocycles. The van der Waals surface area contributed by atoms with Gasteiger partial charge in [0.1, 0.15) is 17.2 Å². The van der Waals surface area contributed by atoms with Crippen LogP contribution in [0.2, 0.25) is 10.0 Å². The molecule has 0 saturated carbocycles. The van der Waals surface area contributed by atoms with E-state index in [1.807, 2.05) is 18.2 Å². The summed E-state index contributed by atoms with van der Waals surface area (Å²) in [4.78, 5) is 33.0. The molecule has 9 nitrogen and oxygen atoms in total. The van der Waals surface area contributed by atoms with Crippen LogP contribution in [0.5, 0.6) is 0 Å². The van der Waals surface area contributed by atoms with Gasteiger partial charge in [-0.3, -0.25) is 4.90 Å². The molecular formula is C29H35B23Cl2N3O6. The van der Waals surface area contributed by atoms with Crippen molar-refractivity contribution in [1.29, 1.82) is 0 Å². The first-order valence-electron chi connectivity index (χ1n) is 20.1. The summed E-state index contributed by atoms with van der Waals surface area (Å²) in [6, 6.07) is 13.6.